The van der Waals surface area contributed by atoms with E-state index in [-0.39, 0.29) is 29.3 Å². The van der Waals surface area contributed by atoms with Gasteiger partial charge in [-0.25, -0.2) is 0 Å². The van der Waals surface area contributed by atoms with Gasteiger partial charge in [-0.15, -0.1) is 0 Å². The summed E-state index contributed by atoms with van der Waals surface area (Å²) < 4.78 is 5.56. The predicted octanol–water partition coefficient (Wildman–Crippen LogP) is 1.41. The fourth-order valence-electron chi connectivity index (χ4n) is 4.19. The van der Waals surface area contributed by atoms with Crippen LogP contribution in [-0.4, -0.2) is 34.5 Å². The summed E-state index contributed by atoms with van der Waals surface area (Å²) in [5.41, 5.74) is 1.52. The van der Waals surface area contributed by atoms with E-state index in [0.717, 1.165) is 17.6 Å². The number of fused-ring (bicyclic) bond motifs is 3. The van der Waals surface area contributed by atoms with Crippen molar-refractivity contribution in [3.05, 3.63) is 11.1 Å². The summed E-state index contributed by atoms with van der Waals surface area (Å²) in [6.45, 7) is 5.82. The third-order valence-corrected chi connectivity index (χ3v) is 5.64. The van der Waals surface area contributed by atoms with E-state index in [1.54, 1.807) is 0 Å². The van der Waals surface area contributed by atoms with E-state index in [4.69, 9.17) is 4.74 Å². The van der Waals surface area contributed by atoms with Gasteiger partial charge in [0.25, 0.3) is 0 Å². The number of hydrogen-bond acceptors (Lipinski definition) is 4. The Balaban J connectivity index is 2.11. The first-order valence-electron chi connectivity index (χ1n) is 7.14. The zero-order valence-electron chi connectivity index (χ0n) is 11.7. The van der Waals surface area contributed by atoms with Gasteiger partial charge in [0, 0.05) is 11.3 Å². The molecule has 0 aromatic rings. The molecule has 106 valence electrons. The topological polar surface area (TPSA) is 66.8 Å². The summed E-state index contributed by atoms with van der Waals surface area (Å²) in [6.07, 6.45) is 0.861. The van der Waals surface area contributed by atoms with Crippen LogP contribution >= 0.6 is 0 Å². The van der Waals surface area contributed by atoms with Crippen molar-refractivity contribution in [1.82, 2.24) is 0 Å². The molecule has 2 fully saturated rings. The van der Waals surface area contributed by atoms with Gasteiger partial charge in [0.1, 0.15) is 6.10 Å². The fourth-order valence-corrected chi connectivity index (χ4v) is 4.19. The minimum atomic E-state index is -0.469. The summed E-state index contributed by atoms with van der Waals surface area (Å²) in [4.78, 5) is 11.8. The second kappa shape index (κ2) is 4.06. The first kappa shape index (κ1) is 13.1. The maximum Gasteiger partial charge on any atom is 0.309 e. The second-order valence-electron chi connectivity index (χ2n) is 6.63. The van der Waals surface area contributed by atoms with Crippen molar-refractivity contribution in [3.63, 3.8) is 0 Å². The number of ether oxygens (including phenoxy) is 1. The van der Waals surface area contributed by atoms with Gasteiger partial charge in [-0.3, -0.25) is 4.79 Å². The molecule has 6 atom stereocenters. The molecule has 0 aromatic carbocycles. The molecule has 1 saturated carbocycles. The molecule has 0 amide bonds. The van der Waals surface area contributed by atoms with Gasteiger partial charge in [0.05, 0.1) is 18.1 Å². The van der Waals surface area contributed by atoms with Crippen molar-refractivity contribution in [3.8, 4) is 0 Å². The molecule has 0 spiro atoms. The van der Waals surface area contributed by atoms with Gasteiger partial charge in [-0.05, 0) is 37.3 Å². The van der Waals surface area contributed by atoms with Crippen LogP contribution in [0.5, 0.6) is 0 Å². The molecule has 0 aromatic heterocycles. The lowest BCUT2D eigenvalue weighted by Gasteiger charge is -2.49. The molecule has 3 aliphatic rings. The van der Waals surface area contributed by atoms with Crippen molar-refractivity contribution in [2.24, 2.45) is 17.3 Å². The number of hydrogen-bond donors (Lipinski definition) is 2. The maximum absolute atomic E-state index is 11.8. The Morgan fingerprint density at radius 3 is 2.74 bits per heavy atom. The SMILES string of the molecule is CC1=C2[C@H]3OC(=O)[C@H](C)[C@@H]3C[C@H](O)[C@@]2(C)CC[C@H]1O. The largest absolute Gasteiger partial charge is 0.457 e. The summed E-state index contributed by atoms with van der Waals surface area (Å²) in [5, 5.41) is 20.6. The highest BCUT2D eigenvalue weighted by Gasteiger charge is 2.57. The predicted molar refractivity (Wildman–Crippen MR) is 69.2 cm³/mol. The third kappa shape index (κ3) is 1.62. The molecule has 1 heterocycles. The van der Waals surface area contributed by atoms with E-state index in [0.29, 0.717) is 12.8 Å². The Labute approximate surface area is 113 Å². The number of carbonyl (C=O) groups excluding carboxylic acids is 1. The van der Waals surface area contributed by atoms with Crippen LogP contribution in [0.15, 0.2) is 11.1 Å². The van der Waals surface area contributed by atoms with Gasteiger partial charge in [-0.1, -0.05) is 13.8 Å². The molecular weight excluding hydrogens is 244 g/mol. The highest BCUT2D eigenvalue weighted by Crippen LogP contribution is 2.55. The molecule has 4 heteroatoms. The quantitative estimate of drug-likeness (QED) is 0.514. The molecule has 0 bridgehead atoms. The van der Waals surface area contributed by atoms with E-state index >= 15 is 0 Å². The zero-order valence-corrected chi connectivity index (χ0v) is 11.7. The molecule has 0 unspecified atom stereocenters. The minimum absolute atomic E-state index is 0.0471. The van der Waals surface area contributed by atoms with Crippen LogP contribution in [0.3, 0.4) is 0 Å². The molecule has 0 radical (unpaired) electrons. The van der Waals surface area contributed by atoms with Crippen LogP contribution in [0.25, 0.3) is 0 Å². The molecule has 1 saturated heterocycles. The molecule has 2 aliphatic carbocycles. The van der Waals surface area contributed by atoms with E-state index in [9.17, 15) is 15.0 Å². The Kier molecular flexibility index (Phi) is 2.81. The van der Waals surface area contributed by atoms with Gasteiger partial charge in [-0.2, -0.15) is 0 Å². The number of rotatable bonds is 0. The van der Waals surface area contributed by atoms with Crippen molar-refractivity contribution in [2.75, 3.05) is 0 Å². The van der Waals surface area contributed by atoms with Crippen molar-refractivity contribution in [1.29, 1.82) is 0 Å². The second-order valence-corrected chi connectivity index (χ2v) is 6.63. The maximum atomic E-state index is 11.8. The summed E-state index contributed by atoms with van der Waals surface area (Å²) in [6, 6.07) is 0. The molecule has 19 heavy (non-hydrogen) atoms. The molecule has 1 aliphatic heterocycles. The van der Waals surface area contributed by atoms with Crippen molar-refractivity contribution < 1.29 is 19.7 Å². The Morgan fingerprint density at radius 1 is 1.37 bits per heavy atom. The summed E-state index contributed by atoms with van der Waals surface area (Å²) in [5.74, 6) is -0.291. The van der Waals surface area contributed by atoms with Crippen LogP contribution in [0.1, 0.15) is 40.0 Å². The number of aliphatic hydroxyl groups is 2. The number of carbonyl (C=O) groups is 1. The molecule has 2 N–H and O–H groups in total. The number of esters is 1. The van der Waals surface area contributed by atoms with E-state index in [1.807, 2.05) is 20.8 Å². The summed E-state index contributed by atoms with van der Waals surface area (Å²) >= 11 is 0. The normalized spacial score (nSPS) is 49.7. The van der Waals surface area contributed by atoms with Crippen LogP contribution in [0.2, 0.25) is 0 Å². The van der Waals surface area contributed by atoms with Crippen molar-refractivity contribution >= 4 is 5.97 Å². The highest BCUT2D eigenvalue weighted by atomic mass is 16.6. The fraction of sp³-hybridized carbons (Fsp3) is 0.800. The van der Waals surface area contributed by atoms with Crippen LogP contribution in [0, 0.1) is 17.3 Å². The van der Waals surface area contributed by atoms with Gasteiger partial charge >= 0.3 is 5.97 Å². The van der Waals surface area contributed by atoms with Crippen molar-refractivity contribution in [2.45, 2.75) is 58.3 Å². The van der Waals surface area contributed by atoms with E-state index in [2.05, 4.69) is 0 Å². The average Bonchev–Trinajstić information content (AvgIpc) is 2.63. The lowest BCUT2D eigenvalue weighted by atomic mass is 9.57. The van der Waals surface area contributed by atoms with Crippen LogP contribution in [0.4, 0.5) is 0 Å². The monoisotopic (exact) mass is 266 g/mol. The van der Waals surface area contributed by atoms with Gasteiger partial charge in [0.2, 0.25) is 0 Å². The lowest BCUT2D eigenvalue weighted by molar-refractivity contribution is -0.144. The van der Waals surface area contributed by atoms with Crippen LogP contribution < -0.4 is 0 Å². The first-order valence-corrected chi connectivity index (χ1v) is 7.14. The zero-order chi connectivity index (χ0) is 13.9. The van der Waals surface area contributed by atoms with Gasteiger partial charge < -0.3 is 14.9 Å². The standard InChI is InChI=1S/C15H22O4/c1-7-9-6-11(17)15(3)5-4-10(16)8(2)12(15)13(9)19-14(7)18/h7,9-11,13,16-17H,4-6H2,1-3H3/t7-,9+,10-,11+,13+,15-/m1/s1. The van der Waals surface area contributed by atoms with Gasteiger partial charge in [0.15, 0.2) is 0 Å². The molecule has 3 rings (SSSR count). The molecular formula is C15H22O4. The average molecular weight is 266 g/mol. The lowest BCUT2D eigenvalue weighted by Crippen LogP contribution is -2.50. The Hall–Kier alpha value is -0.870. The smallest absolute Gasteiger partial charge is 0.309 e. The summed E-state index contributed by atoms with van der Waals surface area (Å²) in [7, 11) is 0. The van der Waals surface area contributed by atoms with E-state index in [1.165, 1.54) is 0 Å². The number of aliphatic hydroxyl groups excluding tert-OH is 2. The Bertz CT molecular complexity index is 455. The Morgan fingerprint density at radius 2 is 2.05 bits per heavy atom. The van der Waals surface area contributed by atoms with Crippen LogP contribution in [-0.2, 0) is 9.53 Å². The minimum Gasteiger partial charge on any atom is -0.457 e. The third-order valence-electron chi connectivity index (χ3n) is 5.64. The first-order chi connectivity index (χ1) is 8.86. The molecule has 4 nitrogen and oxygen atoms in total. The highest BCUT2D eigenvalue weighted by molar-refractivity contribution is 5.76. The van der Waals surface area contributed by atoms with E-state index < -0.39 is 12.2 Å².